The van der Waals surface area contributed by atoms with E-state index < -0.39 is 0 Å². The molecule has 0 bridgehead atoms. The van der Waals surface area contributed by atoms with Gasteiger partial charge in [0.15, 0.2) is 0 Å². The zero-order chi connectivity index (χ0) is 12.1. The first kappa shape index (κ1) is 12.1. The fourth-order valence-corrected chi connectivity index (χ4v) is 2.69. The third-order valence-electron chi connectivity index (χ3n) is 3.77. The maximum atomic E-state index is 8.87. The highest BCUT2D eigenvalue weighted by Gasteiger charge is 2.19. The van der Waals surface area contributed by atoms with Crippen LogP contribution in [0.5, 0.6) is 0 Å². The average Bonchev–Trinajstić information content (AvgIpc) is 2.58. The minimum absolute atomic E-state index is 0.439. The monoisotopic (exact) mass is 228 g/mol. The van der Waals surface area contributed by atoms with Crippen molar-refractivity contribution in [3.8, 4) is 6.07 Å². The van der Waals surface area contributed by atoms with Crippen LogP contribution in [0.25, 0.3) is 0 Å². The lowest BCUT2D eigenvalue weighted by Crippen LogP contribution is -2.36. The zero-order valence-electron chi connectivity index (χ0n) is 10.5. The molecule has 0 amide bonds. The van der Waals surface area contributed by atoms with Crippen molar-refractivity contribution in [1.82, 2.24) is 4.90 Å². The molecule has 0 aliphatic carbocycles. The third-order valence-corrected chi connectivity index (χ3v) is 3.77. The summed E-state index contributed by atoms with van der Waals surface area (Å²) in [6.45, 7) is 4.37. The van der Waals surface area contributed by atoms with Gasteiger partial charge in [-0.1, -0.05) is 31.2 Å². The van der Waals surface area contributed by atoms with Crippen molar-refractivity contribution in [1.29, 1.82) is 5.26 Å². The van der Waals surface area contributed by atoms with Crippen LogP contribution in [0.1, 0.15) is 30.9 Å². The molecule has 17 heavy (non-hydrogen) atoms. The molecule has 0 N–H and O–H groups in total. The minimum atomic E-state index is 0.439. The quantitative estimate of drug-likeness (QED) is 0.795. The van der Waals surface area contributed by atoms with Gasteiger partial charge < -0.3 is 0 Å². The summed E-state index contributed by atoms with van der Waals surface area (Å²) >= 11 is 0. The van der Waals surface area contributed by atoms with Crippen molar-refractivity contribution < 1.29 is 0 Å². The molecular formula is C15H20N2. The van der Waals surface area contributed by atoms with Gasteiger partial charge in [0.25, 0.3) is 0 Å². The van der Waals surface area contributed by atoms with Crippen molar-refractivity contribution >= 4 is 0 Å². The van der Waals surface area contributed by atoms with Gasteiger partial charge in [-0.3, -0.25) is 4.90 Å². The Labute approximate surface area is 104 Å². The number of fused-ring (bicyclic) bond motifs is 1. The van der Waals surface area contributed by atoms with E-state index in [2.05, 4.69) is 42.2 Å². The van der Waals surface area contributed by atoms with Crippen molar-refractivity contribution in [3.63, 3.8) is 0 Å². The number of nitriles is 1. The summed E-state index contributed by atoms with van der Waals surface area (Å²) in [5.74, 6) is 0. The molecule has 2 nitrogen and oxygen atoms in total. The number of hydrogen-bond donors (Lipinski definition) is 0. The lowest BCUT2D eigenvalue weighted by molar-refractivity contribution is 0.202. The molecule has 0 spiro atoms. The number of hydrogen-bond acceptors (Lipinski definition) is 2. The molecule has 0 radical (unpaired) electrons. The summed E-state index contributed by atoms with van der Waals surface area (Å²) in [5, 5.41) is 8.87. The maximum absolute atomic E-state index is 8.87. The Bertz CT molecular complexity index is 379. The second kappa shape index (κ2) is 5.84. The maximum Gasteiger partial charge on any atom is 0.0638 e. The predicted molar refractivity (Wildman–Crippen MR) is 69.7 cm³/mol. The van der Waals surface area contributed by atoms with E-state index in [0.29, 0.717) is 12.5 Å². The summed E-state index contributed by atoms with van der Waals surface area (Å²) in [6.07, 6.45) is 3.98. The largest absolute Gasteiger partial charge is 0.299 e. The first-order chi connectivity index (χ1) is 8.35. The van der Waals surface area contributed by atoms with Gasteiger partial charge in [0.2, 0.25) is 0 Å². The van der Waals surface area contributed by atoms with Crippen LogP contribution in [0.3, 0.4) is 0 Å². The Balaban J connectivity index is 2.06. The highest BCUT2D eigenvalue weighted by Crippen LogP contribution is 2.18. The van der Waals surface area contributed by atoms with Crippen LogP contribution in [0, 0.1) is 11.3 Å². The Hall–Kier alpha value is -1.33. The number of nitrogens with zero attached hydrogens (tertiary/aromatic N) is 2. The first-order valence-electron chi connectivity index (χ1n) is 6.53. The van der Waals surface area contributed by atoms with Gasteiger partial charge in [0.1, 0.15) is 0 Å². The van der Waals surface area contributed by atoms with Gasteiger partial charge in [-0.05, 0) is 30.4 Å². The van der Waals surface area contributed by atoms with E-state index in [1.165, 1.54) is 11.1 Å². The summed E-state index contributed by atoms with van der Waals surface area (Å²) in [7, 11) is 0. The van der Waals surface area contributed by atoms with Crippen LogP contribution in [-0.4, -0.2) is 24.0 Å². The SMILES string of the molecule is CCC(CC#N)N1CCc2ccccc2CC1. The normalized spacial score (nSPS) is 17.9. The molecule has 0 saturated carbocycles. The van der Waals surface area contributed by atoms with E-state index in [0.717, 1.165) is 32.4 Å². The molecule has 1 unspecified atom stereocenters. The van der Waals surface area contributed by atoms with Crippen LogP contribution < -0.4 is 0 Å². The van der Waals surface area contributed by atoms with Crippen LogP contribution in [0.2, 0.25) is 0 Å². The standard InChI is InChI=1S/C15H20N2/c1-2-15(7-10-16)17-11-8-13-5-3-4-6-14(13)9-12-17/h3-6,15H,2,7-9,11-12H2,1H3. The van der Waals surface area contributed by atoms with Gasteiger partial charge in [-0.2, -0.15) is 5.26 Å². The van der Waals surface area contributed by atoms with Gasteiger partial charge >= 0.3 is 0 Å². The Kier molecular flexibility index (Phi) is 4.17. The first-order valence-corrected chi connectivity index (χ1v) is 6.53. The fraction of sp³-hybridized carbons (Fsp3) is 0.533. The van der Waals surface area contributed by atoms with E-state index in [1.807, 2.05) is 0 Å². The molecule has 1 aromatic carbocycles. The third kappa shape index (κ3) is 2.87. The van der Waals surface area contributed by atoms with E-state index in [4.69, 9.17) is 5.26 Å². The molecule has 2 rings (SSSR count). The second-order valence-corrected chi connectivity index (χ2v) is 4.73. The highest BCUT2D eigenvalue weighted by atomic mass is 15.1. The topological polar surface area (TPSA) is 27.0 Å². The van der Waals surface area contributed by atoms with Crippen molar-refractivity contribution in [2.75, 3.05) is 13.1 Å². The molecule has 0 saturated heterocycles. The molecular weight excluding hydrogens is 208 g/mol. The van der Waals surface area contributed by atoms with Crippen LogP contribution in [0.15, 0.2) is 24.3 Å². The highest BCUT2D eigenvalue weighted by molar-refractivity contribution is 5.28. The van der Waals surface area contributed by atoms with E-state index in [-0.39, 0.29) is 0 Å². The molecule has 0 fully saturated rings. The predicted octanol–water partition coefficient (Wildman–Crippen LogP) is 2.78. The van der Waals surface area contributed by atoms with Crippen molar-refractivity contribution in [3.05, 3.63) is 35.4 Å². The Morgan fingerprint density at radius 2 is 1.82 bits per heavy atom. The molecule has 1 heterocycles. The summed E-state index contributed by atoms with van der Waals surface area (Å²) in [5.41, 5.74) is 2.98. The second-order valence-electron chi connectivity index (χ2n) is 4.73. The molecule has 1 atom stereocenters. The van der Waals surface area contributed by atoms with Crippen LogP contribution in [0.4, 0.5) is 0 Å². The van der Waals surface area contributed by atoms with E-state index in [1.54, 1.807) is 0 Å². The summed E-state index contributed by atoms with van der Waals surface area (Å²) < 4.78 is 0. The molecule has 1 aliphatic rings. The van der Waals surface area contributed by atoms with E-state index >= 15 is 0 Å². The Morgan fingerprint density at radius 1 is 1.24 bits per heavy atom. The lowest BCUT2D eigenvalue weighted by Gasteiger charge is -2.27. The lowest BCUT2D eigenvalue weighted by atomic mass is 10.0. The van der Waals surface area contributed by atoms with Crippen molar-refractivity contribution in [2.24, 2.45) is 0 Å². The molecule has 0 aromatic heterocycles. The fourth-order valence-electron chi connectivity index (χ4n) is 2.69. The smallest absolute Gasteiger partial charge is 0.0638 e. The minimum Gasteiger partial charge on any atom is -0.299 e. The molecule has 1 aliphatic heterocycles. The number of benzene rings is 1. The van der Waals surface area contributed by atoms with Gasteiger partial charge in [-0.15, -0.1) is 0 Å². The molecule has 1 aromatic rings. The molecule has 2 heteroatoms. The van der Waals surface area contributed by atoms with Crippen molar-refractivity contribution in [2.45, 2.75) is 38.6 Å². The zero-order valence-corrected chi connectivity index (χ0v) is 10.5. The average molecular weight is 228 g/mol. The number of rotatable bonds is 3. The van der Waals surface area contributed by atoms with Gasteiger partial charge in [0.05, 0.1) is 12.5 Å². The summed E-state index contributed by atoms with van der Waals surface area (Å²) in [6, 6.07) is 11.5. The van der Waals surface area contributed by atoms with Gasteiger partial charge in [0, 0.05) is 19.1 Å². The van der Waals surface area contributed by atoms with Crippen LogP contribution in [-0.2, 0) is 12.8 Å². The van der Waals surface area contributed by atoms with E-state index in [9.17, 15) is 0 Å². The Morgan fingerprint density at radius 3 is 2.29 bits per heavy atom. The summed E-state index contributed by atoms with van der Waals surface area (Å²) in [4.78, 5) is 2.49. The van der Waals surface area contributed by atoms with Gasteiger partial charge in [-0.25, -0.2) is 0 Å². The van der Waals surface area contributed by atoms with Crippen LogP contribution >= 0.6 is 0 Å². The molecule has 90 valence electrons.